The van der Waals surface area contributed by atoms with Gasteiger partial charge in [0.2, 0.25) is 0 Å². The molecule has 0 saturated heterocycles. The fourth-order valence-electron chi connectivity index (χ4n) is 3.12. The zero-order chi connectivity index (χ0) is 20.4. The molecule has 0 saturated carbocycles. The number of halogens is 1. The number of nitrogen functional groups attached to an aromatic ring is 1. The Morgan fingerprint density at radius 2 is 2.03 bits per heavy atom. The van der Waals surface area contributed by atoms with Crippen molar-refractivity contribution in [3.05, 3.63) is 82.7 Å². The number of furan rings is 1. The predicted octanol–water partition coefficient (Wildman–Crippen LogP) is 5.24. The standard InChI is InChI=1S/C22H19ClN4O2/c1-13-17-11-15(23)7-8-19(17)29-20(13)22(28)27-16-5-2-4-14(10-16)12-26-18-6-3-9-25-21(18)24/h2-11,26H,12H2,1H3,(H2,24,25)(H,27,28). The molecule has 2 heterocycles. The molecule has 146 valence electrons. The molecule has 0 aliphatic heterocycles. The lowest BCUT2D eigenvalue weighted by molar-refractivity contribution is 0.0998. The van der Waals surface area contributed by atoms with Crippen LogP contribution in [-0.2, 0) is 6.54 Å². The summed E-state index contributed by atoms with van der Waals surface area (Å²) in [5.41, 5.74) is 9.65. The highest BCUT2D eigenvalue weighted by molar-refractivity contribution is 6.31. The molecular formula is C22H19ClN4O2. The molecule has 0 unspecified atom stereocenters. The number of hydrogen-bond donors (Lipinski definition) is 3. The predicted molar refractivity (Wildman–Crippen MR) is 116 cm³/mol. The van der Waals surface area contributed by atoms with Crippen LogP contribution in [0.25, 0.3) is 11.0 Å². The number of fused-ring (bicyclic) bond motifs is 1. The topological polar surface area (TPSA) is 93.2 Å². The van der Waals surface area contributed by atoms with Gasteiger partial charge < -0.3 is 20.8 Å². The van der Waals surface area contributed by atoms with Crippen molar-refractivity contribution >= 4 is 45.7 Å². The highest BCUT2D eigenvalue weighted by Gasteiger charge is 2.18. The molecule has 0 aliphatic rings. The van der Waals surface area contributed by atoms with Crippen LogP contribution in [0.15, 0.2) is 65.2 Å². The minimum Gasteiger partial charge on any atom is -0.451 e. The van der Waals surface area contributed by atoms with E-state index in [1.54, 1.807) is 24.4 Å². The fourth-order valence-corrected chi connectivity index (χ4v) is 3.29. The number of amides is 1. The quantitative estimate of drug-likeness (QED) is 0.421. The lowest BCUT2D eigenvalue weighted by atomic mass is 10.1. The van der Waals surface area contributed by atoms with Gasteiger partial charge in [0.05, 0.1) is 5.69 Å². The number of pyridine rings is 1. The number of rotatable bonds is 5. The van der Waals surface area contributed by atoms with Gasteiger partial charge in [-0.05, 0) is 55.0 Å². The maximum absolute atomic E-state index is 12.7. The molecule has 0 radical (unpaired) electrons. The summed E-state index contributed by atoms with van der Waals surface area (Å²) in [6.45, 7) is 2.39. The van der Waals surface area contributed by atoms with E-state index in [-0.39, 0.29) is 11.7 Å². The van der Waals surface area contributed by atoms with Gasteiger partial charge in [-0.25, -0.2) is 4.98 Å². The third-order valence-corrected chi connectivity index (χ3v) is 4.85. The third kappa shape index (κ3) is 4.02. The van der Waals surface area contributed by atoms with E-state index in [0.29, 0.717) is 28.7 Å². The average molecular weight is 407 g/mol. The van der Waals surface area contributed by atoms with Crippen molar-refractivity contribution < 1.29 is 9.21 Å². The van der Waals surface area contributed by atoms with Crippen LogP contribution in [0, 0.1) is 6.92 Å². The van der Waals surface area contributed by atoms with Crippen LogP contribution in [0.1, 0.15) is 21.7 Å². The van der Waals surface area contributed by atoms with Crippen molar-refractivity contribution in [2.24, 2.45) is 0 Å². The number of hydrogen-bond acceptors (Lipinski definition) is 5. The van der Waals surface area contributed by atoms with Crippen molar-refractivity contribution in [2.45, 2.75) is 13.5 Å². The zero-order valence-electron chi connectivity index (χ0n) is 15.7. The molecule has 29 heavy (non-hydrogen) atoms. The number of carbonyl (C=O) groups excluding carboxylic acids is 1. The Bertz CT molecular complexity index is 1200. The van der Waals surface area contributed by atoms with Gasteiger partial charge in [0.1, 0.15) is 11.4 Å². The monoisotopic (exact) mass is 406 g/mol. The average Bonchev–Trinajstić information content (AvgIpc) is 3.04. The summed E-state index contributed by atoms with van der Waals surface area (Å²) < 4.78 is 5.73. The molecule has 0 aliphatic carbocycles. The van der Waals surface area contributed by atoms with Gasteiger partial charge in [-0.15, -0.1) is 0 Å². The van der Waals surface area contributed by atoms with E-state index in [1.807, 2.05) is 43.3 Å². The summed E-state index contributed by atoms with van der Waals surface area (Å²) in [5.74, 6) is 0.405. The number of anilines is 3. The molecule has 4 rings (SSSR count). The smallest absolute Gasteiger partial charge is 0.291 e. The van der Waals surface area contributed by atoms with Crippen molar-refractivity contribution in [1.82, 2.24) is 4.98 Å². The van der Waals surface area contributed by atoms with Crippen LogP contribution in [0.5, 0.6) is 0 Å². The van der Waals surface area contributed by atoms with E-state index < -0.39 is 0 Å². The van der Waals surface area contributed by atoms with Gasteiger partial charge >= 0.3 is 0 Å². The summed E-state index contributed by atoms with van der Waals surface area (Å²) in [7, 11) is 0. The maximum atomic E-state index is 12.7. The lowest BCUT2D eigenvalue weighted by Crippen LogP contribution is -2.12. The molecule has 0 spiro atoms. The summed E-state index contributed by atoms with van der Waals surface area (Å²) in [5, 5.41) is 7.56. The minimum absolute atomic E-state index is 0.272. The van der Waals surface area contributed by atoms with E-state index in [0.717, 1.165) is 22.2 Å². The summed E-state index contributed by atoms with van der Waals surface area (Å²) >= 11 is 6.05. The number of benzene rings is 2. The number of carbonyl (C=O) groups is 1. The molecule has 2 aromatic heterocycles. The highest BCUT2D eigenvalue weighted by Crippen LogP contribution is 2.28. The van der Waals surface area contributed by atoms with Crippen LogP contribution < -0.4 is 16.4 Å². The minimum atomic E-state index is -0.309. The molecule has 6 nitrogen and oxygen atoms in total. The van der Waals surface area contributed by atoms with Crippen LogP contribution in [0.3, 0.4) is 0 Å². The summed E-state index contributed by atoms with van der Waals surface area (Å²) in [6.07, 6.45) is 1.64. The van der Waals surface area contributed by atoms with Gasteiger partial charge in [0.25, 0.3) is 5.91 Å². The van der Waals surface area contributed by atoms with Gasteiger partial charge in [-0.1, -0.05) is 23.7 Å². The Kier molecular flexibility index (Phi) is 5.10. The second-order valence-corrected chi connectivity index (χ2v) is 7.08. The Morgan fingerprint density at radius 1 is 1.17 bits per heavy atom. The van der Waals surface area contributed by atoms with Crippen LogP contribution in [-0.4, -0.2) is 10.9 Å². The van der Waals surface area contributed by atoms with Crippen molar-refractivity contribution in [2.75, 3.05) is 16.4 Å². The van der Waals surface area contributed by atoms with Crippen LogP contribution >= 0.6 is 11.6 Å². The lowest BCUT2D eigenvalue weighted by Gasteiger charge is -2.10. The van der Waals surface area contributed by atoms with Crippen molar-refractivity contribution in [3.8, 4) is 0 Å². The van der Waals surface area contributed by atoms with Crippen LogP contribution in [0.4, 0.5) is 17.2 Å². The first-order chi connectivity index (χ1) is 14.0. The number of nitrogens with zero attached hydrogens (tertiary/aromatic N) is 1. The van der Waals surface area contributed by atoms with Gasteiger partial charge in [-0.3, -0.25) is 4.79 Å². The molecule has 4 N–H and O–H groups in total. The molecule has 1 amide bonds. The molecule has 0 fully saturated rings. The second kappa shape index (κ2) is 7.85. The SMILES string of the molecule is Cc1c(C(=O)Nc2cccc(CNc3cccnc3N)c2)oc2ccc(Cl)cc12. The van der Waals surface area contributed by atoms with E-state index in [4.69, 9.17) is 21.8 Å². The Balaban J connectivity index is 1.50. The summed E-state index contributed by atoms with van der Waals surface area (Å²) in [6, 6.07) is 16.5. The van der Waals surface area contributed by atoms with Crippen LogP contribution in [0.2, 0.25) is 5.02 Å². The molecule has 2 aromatic carbocycles. The first kappa shape index (κ1) is 18.8. The van der Waals surface area contributed by atoms with Gasteiger partial charge in [-0.2, -0.15) is 0 Å². The first-order valence-corrected chi connectivity index (χ1v) is 9.42. The largest absolute Gasteiger partial charge is 0.451 e. The number of nitrogens with two attached hydrogens (primary N) is 1. The van der Waals surface area contributed by atoms with Gasteiger partial charge in [0.15, 0.2) is 5.76 Å². The Morgan fingerprint density at radius 3 is 2.86 bits per heavy atom. The first-order valence-electron chi connectivity index (χ1n) is 9.04. The maximum Gasteiger partial charge on any atom is 0.291 e. The zero-order valence-corrected chi connectivity index (χ0v) is 16.5. The normalized spacial score (nSPS) is 10.8. The molecular weight excluding hydrogens is 388 g/mol. The molecule has 4 aromatic rings. The Hall–Kier alpha value is -3.51. The third-order valence-electron chi connectivity index (χ3n) is 4.61. The van der Waals surface area contributed by atoms with E-state index in [1.165, 1.54) is 0 Å². The van der Waals surface area contributed by atoms with E-state index in [9.17, 15) is 4.79 Å². The second-order valence-electron chi connectivity index (χ2n) is 6.64. The van der Waals surface area contributed by atoms with Crippen molar-refractivity contribution in [1.29, 1.82) is 0 Å². The Labute approximate surface area is 172 Å². The number of aromatic nitrogens is 1. The molecule has 0 atom stereocenters. The number of nitrogens with one attached hydrogen (secondary N) is 2. The van der Waals surface area contributed by atoms with Gasteiger partial charge in [0, 0.05) is 34.4 Å². The molecule has 7 heteroatoms. The van der Waals surface area contributed by atoms with E-state index >= 15 is 0 Å². The fraction of sp³-hybridized carbons (Fsp3) is 0.0909. The summed E-state index contributed by atoms with van der Waals surface area (Å²) in [4.78, 5) is 16.8. The number of aryl methyl sites for hydroxylation is 1. The van der Waals surface area contributed by atoms with Crippen molar-refractivity contribution in [3.63, 3.8) is 0 Å². The van der Waals surface area contributed by atoms with E-state index in [2.05, 4.69) is 15.6 Å². The highest BCUT2D eigenvalue weighted by atomic mass is 35.5. The molecule has 0 bridgehead atoms.